The van der Waals surface area contributed by atoms with Gasteiger partial charge in [0.2, 0.25) is 0 Å². The van der Waals surface area contributed by atoms with E-state index in [9.17, 15) is 4.79 Å². The molecule has 0 aliphatic heterocycles. The standard InChI is InChI=1S/C18H15ClN2O3/c1-11-16(17(21-24-11)12-4-3-5-13(19)10-12)18(22)20-14-6-8-15(23-2)9-7-14/h3-10H,1-2H3,(H,20,22). The molecule has 2 aromatic carbocycles. The Morgan fingerprint density at radius 2 is 1.96 bits per heavy atom. The van der Waals surface area contributed by atoms with Crippen LogP contribution >= 0.6 is 11.6 Å². The second kappa shape index (κ2) is 6.76. The molecule has 0 bridgehead atoms. The van der Waals surface area contributed by atoms with Crippen LogP contribution < -0.4 is 10.1 Å². The number of anilines is 1. The first-order chi connectivity index (χ1) is 11.6. The van der Waals surface area contributed by atoms with Gasteiger partial charge in [0.1, 0.15) is 22.8 Å². The van der Waals surface area contributed by atoms with Gasteiger partial charge in [-0.1, -0.05) is 28.9 Å². The highest BCUT2D eigenvalue weighted by molar-refractivity contribution is 6.30. The van der Waals surface area contributed by atoms with Crippen molar-refractivity contribution in [3.05, 3.63) is 64.9 Å². The molecule has 24 heavy (non-hydrogen) atoms. The fourth-order valence-corrected chi connectivity index (χ4v) is 2.53. The van der Waals surface area contributed by atoms with Gasteiger partial charge in [-0.3, -0.25) is 4.79 Å². The largest absolute Gasteiger partial charge is 0.497 e. The number of aryl methyl sites for hydroxylation is 1. The number of methoxy groups -OCH3 is 1. The van der Waals surface area contributed by atoms with Crippen LogP contribution in [0.25, 0.3) is 11.3 Å². The summed E-state index contributed by atoms with van der Waals surface area (Å²) in [6.45, 7) is 1.70. The number of halogens is 1. The molecule has 6 heteroatoms. The Balaban J connectivity index is 1.91. The number of carbonyl (C=O) groups excluding carboxylic acids is 1. The molecule has 0 spiro atoms. The van der Waals surface area contributed by atoms with Crippen molar-refractivity contribution in [1.82, 2.24) is 5.16 Å². The zero-order chi connectivity index (χ0) is 17.1. The first kappa shape index (κ1) is 16.1. The van der Waals surface area contributed by atoms with Gasteiger partial charge < -0.3 is 14.6 Å². The molecule has 0 aliphatic rings. The fourth-order valence-electron chi connectivity index (χ4n) is 2.34. The van der Waals surface area contributed by atoms with Crippen LogP contribution in [0.5, 0.6) is 5.75 Å². The van der Waals surface area contributed by atoms with E-state index in [1.165, 1.54) is 0 Å². The number of benzene rings is 2. The smallest absolute Gasteiger partial charge is 0.261 e. The molecular formula is C18H15ClN2O3. The molecule has 1 aromatic heterocycles. The first-order valence-corrected chi connectivity index (χ1v) is 7.64. The van der Waals surface area contributed by atoms with Gasteiger partial charge in [0, 0.05) is 16.3 Å². The number of nitrogens with zero attached hydrogens (tertiary/aromatic N) is 1. The number of ether oxygens (including phenoxy) is 1. The van der Waals surface area contributed by atoms with E-state index in [-0.39, 0.29) is 5.91 Å². The quantitative estimate of drug-likeness (QED) is 0.754. The highest BCUT2D eigenvalue weighted by Gasteiger charge is 2.21. The molecule has 0 saturated carbocycles. The number of amides is 1. The molecule has 0 radical (unpaired) electrons. The maximum Gasteiger partial charge on any atom is 0.261 e. The van der Waals surface area contributed by atoms with Crippen molar-refractivity contribution in [1.29, 1.82) is 0 Å². The van der Waals surface area contributed by atoms with Crippen molar-refractivity contribution in [3.8, 4) is 17.0 Å². The van der Waals surface area contributed by atoms with E-state index in [4.69, 9.17) is 20.9 Å². The van der Waals surface area contributed by atoms with Gasteiger partial charge in [-0.25, -0.2) is 0 Å². The van der Waals surface area contributed by atoms with E-state index in [2.05, 4.69) is 10.5 Å². The first-order valence-electron chi connectivity index (χ1n) is 7.26. The van der Waals surface area contributed by atoms with Crippen LogP contribution in [0.15, 0.2) is 53.1 Å². The SMILES string of the molecule is COc1ccc(NC(=O)c2c(-c3cccc(Cl)c3)noc2C)cc1. The molecule has 1 N–H and O–H groups in total. The van der Waals surface area contributed by atoms with Crippen molar-refractivity contribution >= 4 is 23.2 Å². The van der Waals surface area contributed by atoms with Crippen LogP contribution in [0.3, 0.4) is 0 Å². The monoisotopic (exact) mass is 342 g/mol. The van der Waals surface area contributed by atoms with Crippen molar-refractivity contribution < 1.29 is 14.1 Å². The average Bonchev–Trinajstić information content (AvgIpc) is 2.97. The average molecular weight is 343 g/mol. The Bertz CT molecular complexity index is 872. The molecule has 3 rings (SSSR count). The molecule has 122 valence electrons. The summed E-state index contributed by atoms with van der Waals surface area (Å²) >= 11 is 6.02. The maximum atomic E-state index is 12.7. The highest BCUT2D eigenvalue weighted by Crippen LogP contribution is 2.28. The van der Waals surface area contributed by atoms with Crippen LogP contribution in [0, 0.1) is 6.92 Å². The summed E-state index contributed by atoms with van der Waals surface area (Å²) in [5.74, 6) is 0.860. The topological polar surface area (TPSA) is 64.4 Å². The van der Waals surface area contributed by atoms with Gasteiger partial charge >= 0.3 is 0 Å². The number of hydrogen-bond acceptors (Lipinski definition) is 4. The van der Waals surface area contributed by atoms with E-state index in [0.29, 0.717) is 33.5 Å². The fraction of sp³-hybridized carbons (Fsp3) is 0.111. The van der Waals surface area contributed by atoms with Crippen LogP contribution in [0.1, 0.15) is 16.1 Å². The summed E-state index contributed by atoms with van der Waals surface area (Å²) in [6, 6.07) is 14.2. The minimum atomic E-state index is -0.297. The molecule has 3 aromatic rings. The van der Waals surface area contributed by atoms with Crippen LogP contribution in [-0.4, -0.2) is 18.2 Å². The second-order valence-corrected chi connectivity index (χ2v) is 5.59. The van der Waals surface area contributed by atoms with E-state index in [1.54, 1.807) is 56.5 Å². The van der Waals surface area contributed by atoms with Crippen LogP contribution in [-0.2, 0) is 0 Å². The molecule has 0 fully saturated rings. The van der Waals surface area contributed by atoms with Crippen LogP contribution in [0.2, 0.25) is 5.02 Å². The Morgan fingerprint density at radius 3 is 2.62 bits per heavy atom. The van der Waals surface area contributed by atoms with E-state index >= 15 is 0 Å². The van der Waals surface area contributed by atoms with Crippen molar-refractivity contribution in [2.75, 3.05) is 12.4 Å². The molecule has 0 aliphatic carbocycles. The van der Waals surface area contributed by atoms with Gasteiger partial charge in [-0.2, -0.15) is 0 Å². The van der Waals surface area contributed by atoms with E-state index in [0.717, 1.165) is 5.56 Å². The summed E-state index contributed by atoms with van der Waals surface area (Å²) in [7, 11) is 1.59. The number of rotatable bonds is 4. The molecular weight excluding hydrogens is 328 g/mol. The van der Waals surface area contributed by atoms with Gasteiger partial charge in [0.15, 0.2) is 0 Å². The predicted octanol–water partition coefficient (Wildman–Crippen LogP) is 4.56. The summed E-state index contributed by atoms with van der Waals surface area (Å²) in [6.07, 6.45) is 0. The lowest BCUT2D eigenvalue weighted by Crippen LogP contribution is -2.13. The summed E-state index contributed by atoms with van der Waals surface area (Å²) in [5, 5.41) is 7.40. The molecule has 1 amide bonds. The van der Waals surface area contributed by atoms with Gasteiger partial charge in [0.25, 0.3) is 5.91 Å². The zero-order valence-electron chi connectivity index (χ0n) is 13.2. The summed E-state index contributed by atoms with van der Waals surface area (Å²) < 4.78 is 10.3. The zero-order valence-corrected chi connectivity index (χ0v) is 13.9. The number of nitrogens with one attached hydrogen (secondary N) is 1. The minimum absolute atomic E-state index is 0.297. The third-order valence-corrected chi connectivity index (χ3v) is 3.77. The Kier molecular flexibility index (Phi) is 4.53. The normalized spacial score (nSPS) is 10.5. The Morgan fingerprint density at radius 1 is 1.21 bits per heavy atom. The number of carbonyl (C=O) groups is 1. The molecule has 0 unspecified atom stereocenters. The minimum Gasteiger partial charge on any atom is -0.497 e. The van der Waals surface area contributed by atoms with E-state index < -0.39 is 0 Å². The second-order valence-electron chi connectivity index (χ2n) is 5.16. The van der Waals surface area contributed by atoms with E-state index in [1.807, 2.05) is 6.07 Å². The molecule has 5 nitrogen and oxygen atoms in total. The van der Waals surface area contributed by atoms with Gasteiger partial charge in [0.05, 0.1) is 7.11 Å². The lowest BCUT2D eigenvalue weighted by atomic mass is 10.1. The van der Waals surface area contributed by atoms with Crippen molar-refractivity contribution in [2.45, 2.75) is 6.92 Å². The third-order valence-electron chi connectivity index (χ3n) is 3.54. The number of aromatic nitrogens is 1. The predicted molar refractivity (Wildman–Crippen MR) is 92.6 cm³/mol. The number of hydrogen-bond donors (Lipinski definition) is 1. The Hall–Kier alpha value is -2.79. The van der Waals surface area contributed by atoms with Crippen molar-refractivity contribution in [2.24, 2.45) is 0 Å². The lowest BCUT2D eigenvalue weighted by molar-refractivity contribution is 0.102. The Labute approximate surface area is 144 Å². The highest BCUT2D eigenvalue weighted by atomic mass is 35.5. The summed E-state index contributed by atoms with van der Waals surface area (Å²) in [5.41, 5.74) is 2.21. The summed E-state index contributed by atoms with van der Waals surface area (Å²) in [4.78, 5) is 12.7. The van der Waals surface area contributed by atoms with Gasteiger partial charge in [-0.05, 0) is 43.3 Å². The molecule has 0 saturated heterocycles. The third kappa shape index (κ3) is 3.26. The maximum absolute atomic E-state index is 12.7. The van der Waals surface area contributed by atoms with Crippen molar-refractivity contribution in [3.63, 3.8) is 0 Å². The van der Waals surface area contributed by atoms with Crippen LogP contribution in [0.4, 0.5) is 5.69 Å². The van der Waals surface area contributed by atoms with Gasteiger partial charge in [-0.15, -0.1) is 0 Å². The lowest BCUT2D eigenvalue weighted by Gasteiger charge is -2.07. The molecule has 1 heterocycles. The molecule has 0 atom stereocenters.